The Labute approximate surface area is 92.6 Å². The Morgan fingerprint density at radius 3 is 2.47 bits per heavy atom. The van der Waals surface area contributed by atoms with Gasteiger partial charge in [0.25, 0.3) is 0 Å². The Morgan fingerprint density at radius 2 is 1.87 bits per heavy atom. The molecule has 0 spiro atoms. The van der Waals surface area contributed by atoms with Crippen LogP contribution in [0.5, 0.6) is 5.75 Å². The van der Waals surface area contributed by atoms with Crippen molar-refractivity contribution in [3.8, 4) is 5.75 Å². The molecule has 2 nitrogen and oxygen atoms in total. The molecular formula is C12H19BO2. The largest absolute Gasteiger partial charge is 0.494 e. The molecule has 0 aliphatic heterocycles. The second-order valence-corrected chi connectivity index (χ2v) is 3.71. The van der Waals surface area contributed by atoms with Crippen molar-refractivity contribution in [2.75, 3.05) is 6.61 Å². The first-order valence-corrected chi connectivity index (χ1v) is 5.69. The van der Waals surface area contributed by atoms with Crippen molar-refractivity contribution in [2.45, 2.75) is 32.6 Å². The fraction of sp³-hybridized carbons (Fsp3) is 0.500. The number of unbranched alkanes of at least 4 members (excludes halogenated alkanes) is 3. The zero-order valence-corrected chi connectivity index (χ0v) is 9.41. The molecule has 0 saturated carbocycles. The van der Waals surface area contributed by atoms with Crippen LogP contribution < -0.4 is 10.2 Å². The van der Waals surface area contributed by atoms with Crippen LogP contribution in [0.2, 0.25) is 0 Å². The maximum Gasteiger partial charge on any atom is 0.304 e. The fourth-order valence-electron chi connectivity index (χ4n) is 1.41. The van der Waals surface area contributed by atoms with Gasteiger partial charge < -0.3 is 9.76 Å². The minimum absolute atomic E-state index is 0.0940. The summed E-state index contributed by atoms with van der Waals surface area (Å²) in [5.74, 6) is 0.892. The first-order chi connectivity index (χ1) is 7.36. The average molecular weight is 206 g/mol. The van der Waals surface area contributed by atoms with Crippen LogP contribution in [-0.4, -0.2) is 19.1 Å². The van der Waals surface area contributed by atoms with Gasteiger partial charge in [-0.3, -0.25) is 0 Å². The molecule has 0 bridgehead atoms. The molecule has 0 amide bonds. The van der Waals surface area contributed by atoms with Crippen LogP contribution in [0, 0.1) is 0 Å². The monoisotopic (exact) mass is 206 g/mol. The number of hydrogen-bond acceptors (Lipinski definition) is 2. The van der Waals surface area contributed by atoms with Gasteiger partial charge in [-0.05, 0) is 18.6 Å². The molecule has 1 N–H and O–H groups in total. The molecule has 3 heteroatoms. The normalized spacial score (nSPS) is 10.0. The Balaban J connectivity index is 2.20. The van der Waals surface area contributed by atoms with Gasteiger partial charge in [-0.25, -0.2) is 0 Å². The van der Waals surface area contributed by atoms with Crippen LogP contribution in [-0.2, 0) is 0 Å². The molecule has 1 rings (SSSR count). The van der Waals surface area contributed by atoms with E-state index < -0.39 is 0 Å². The summed E-state index contributed by atoms with van der Waals surface area (Å²) >= 11 is 0. The van der Waals surface area contributed by atoms with Gasteiger partial charge in [-0.15, -0.1) is 0 Å². The second kappa shape index (κ2) is 7.35. The third-order valence-electron chi connectivity index (χ3n) is 2.37. The van der Waals surface area contributed by atoms with Crippen LogP contribution in [0.25, 0.3) is 0 Å². The molecule has 82 valence electrons. The zero-order valence-electron chi connectivity index (χ0n) is 9.41. The van der Waals surface area contributed by atoms with Crippen molar-refractivity contribution in [1.82, 2.24) is 0 Å². The molecule has 0 heterocycles. The molecule has 0 fully saturated rings. The maximum atomic E-state index is 8.86. The van der Waals surface area contributed by atoms with Gasteiger partial charge in [-0.1, -0.05) is 43.8 Å². The highest BCUT2D eigenvalue weighted by atomic mass is 16.5. The first kappa shape index (κ1) is 12.1. The summed E-state index contributed by atoms with van der Waals surface area (Å²) in [5.41, 5.74) is 0.924. The van der Waals surface area contributed by atoms with Crippen LogP contribution in [0.3, 0.4) is 0 Å². The Hall–Kier alpha value is -0.955. The first-order valence-electron chi connectivity index (χ1n) is 5.69. The lowest BCUT2D eigenvalue weighted by molar-refractivity contribution is 0.305. The standard InChI is InChI=1S/C12H19BO2/c1-2-3-4-5-10-15-12-8-6-11(13-14)7-9-12/h6-9,13-14H,2-5,10H2,1H3. The highest BCUT2D eigenvalue weighted by Crippen LogP contribution is 2.08. The molecule has 0 aliphatic rings. The summed E-state index contributed by atoms with van der Waals surface area (Å²) in [4.78, 5) is 0. The number of benzene rings is 1. The molecule has 0 atom stereocenters. The van der Waals surface area contributed by atoms with Gasteiger partial charge in [0.05, 0.1) is 6.61 Å². The Kier molecular flexibility index (Phi) is 5.94. The van der Waals surface area contributed by atoms with Gasteiger partial charge >= 0.3 is 7.48 Å². The molecule has 0 radical (unpaired) electrons. The Morgan fingerprint density at radius 1 is 1.13 bits per heavy atom. The van der Waals surface area contributed by atoms with E-state index in [1.807, 2.05) is 24.3 Å². The smallest absolute Gasteiger partial charge is 0.304 e. The van der Waals surface area contributed by atoms with Crippen LogP contribution in [0.4, 0.5) is 0 Å². The predicted molar refractivity (Wildman–Crippen MR) is 65.1 cm³/mol. The predicted octanol–water partition coefficient (Wildman–Crippen LogP) is 1.61. The molecule has 0 saturated heterocycles. The number of hydrogen-bond donors (Lipinski definition) is 1. The van der Waals surface area contributed by atoms with Crippen molar-refractivity contribution in [3.05, 3.63) is 24.3 Å². The van der Waals surface area contributed by atoms with Gasteiger partial charge in [0.1, 0.15) is 5.75 Å². The van der Waals surface area contributed by atoms with Crippen molar-refractivity contribution >= 4 is 12.9 Å². The number of ether oxygens (including phenoxy) is 1. The van der Waals surface area contributed by atoms with Crippen molar-refractivity contribution in [2.24, 2.45) is 0 Å². The van der Waals surface area contributed by atoms with Crippen LogP contribution >= 0.6 is 0 Å². The third-order valence-corrected chi connectivity index (χ3v) is 2.37. The van der Waals surface area contributed by atoms with Crippen molar-refractivity contribution in [3.63, 3.8) is 0 Å². The Bertz CT molecular complexity index is 259. The van der Waals surface area contributed by atoms with E-state index in [2.05, 4.69) is 6.92 Å². The summed E-state index contributed by atoms with van der Waals surface area (Å²) in [6.45, 7) is 2.99. The summed E-state index contributed by atoms with van der Waals surface area (Å²) < 4.78 is 5.57. The molecule has 1 aromatic rings. The SMILES string of the molecule is CCCCCCOc1ccc(BO)cc1. The van der Waals surface area contributed by atoms with Gasteiger partial charge in [0.2, 0.25) is 0 Å². The highest BCUT2D eigenvalue weighted by molar-refractivity contribution is 6.45. The van der Waals surface area contributed by atoms with Crippen molar-refractivity contribution < 1.29 is 9.76 Å². The van der Waals surface area contributed by atoms with Crippen molar-refractivity contribution in [1.29, 1.82) is 0 Å². The van der Waals surface area contributed by atoms with E-state index in [9.17, 15) is 0 Å². The molecule has 0 unspecified atom stereocenters. The van der Waals surface area contributed by atoms with Crippen LogP contribution in [0.1, 0.15) is 32.6 Å². The topological polar surface area (TPSA) is 29.5 Å². The van der Waals surface area contributed by atoms with Gasteiger partial charge in [-0.2, -0.15) is 0 Å². The molecule has 0 aliphatic carbocycles. The lowest BCUT2D eigenvalue weighted by Gasteiger charge is -2.05. The van der Waals surface area contributed by atoms with E-state index in [4.69, 9.17) is 9.76 Å². The van der Waals surface area contributed by atoms with E-state index >= 15 is 0 Å². The summed E-state index contributed by atoms with van der Waals surface area (Å²) in [5, 5.41) is 8.86. The minimum Gasteiger partial charge on any atom is -0.494 e. The molecular weight excluding hydrogens is 187 g/mol. The summed E-state index contributed by atoms with van der Waals surface area (Å²) in [6.07, 6.45) is 4.90. The van der Waals surface area contributed by atoms with E-state index in [1.165, 1.54) is 19.3 Å². The molecule has 1 aromatic carbocycles. The summed E-state index contributed by atoms with van der Waals surface area (Å²) in [7, 11) is 0.0940. The maximum absolute atomic E-state index is 8.86. The minimum atomic E-state index is 0.0940. The second-order valence-electron chi connectivity index (χ2n) is 3.71. The fourth-order valence-corrected chi connectivity index (χ4v) is 1.41. The van der Waals surface area contributed by atoms with Gasteiger partial charge in [0.15, 0.2) is 0 Å². The molecule has 15 heavy (non-hydrogen) atoms. The van der Waals surface area contributed by atoms with E-state index in [0.29, 0.717) is 0 Å². The van der Waals surface area contributed by atoms with E-state index in [0.717, 1.165) is 24.2 Å². The average Bonchev–Trinajstić information content (AvgIpc) is 2.30. The molecule has 0 aromatic heterocycles. The lowest BCUT2D eigenvalue weighted by Crippen LogP contribution is -2.12. The van der Waals surface area contributed by atoms with E-state index in [-0.39, 0.29) is 7.48 Å². The lowest BCUT2D eigenvalue weighted by atomic mass is 9.89. The van der Waals surface area contributed by atoms with Gasteiger partial charge in [0, 0.05) is 0 Å². The zero-order chi connectivity index (χ0) is 10.9. The summed E-state index contributed by atoms with van der Waals surface area (Å²) in [6, 6.07) is 7.60. The van der Waals surface area contributed by atoms with Crippen LogP contribution in [0.15, 0.2) is 24.3 Å². The highest BCUT2D eigenvalue weighted by Gasteiger charge is 1.95. The quantitative estimate of drug-likeness (QED) is 0.542. The third kappa shape index (κ3) is 4.89. The van der Waals surface area contributed by atoms with E-state index in [1.54, 1.807) is 0 Å². The number of rotatable bonds is 7.